The van der Waals surface area contributed by atoms with Crippen LogP contribution in [-0.2, 0) is 0 Å². The molecule has 0 N–H and O–H groups in total. The molecule has 0 saturated carbocycles. The van der Waals surface area contributed by atoms with Crippen LogP contribution in [0.3, 0.4) is 0 Å². The quantitative estimate of drug-likeness (QED) is 0.622. The first-order valence-electron chi connectivity index (χ1n) is 4.97. The van der Waals surface area contributed by atoms with Crippen molar-refractivity contribution in [3.63, 3.8) is 0 Å². The Morgan fingerprint density at radius 3 is 2.21 bits per heavy atom. The van der Waals surface area contributed by atoms with Crippen LogP contribution < -0.4 is 10.4 Å². The highest BCUT2D eigenvalue weighted by atomic mass is 14.1. The van der Waals surface area contributed by atoms with Crippen LogP contribution in [0.2, 0.25) is 0 Å². The average molecular weight is 186 g/mol. The van der Waals surface area contributed by atoms with Gasteiger partial charge in [-0.1, -0.05) is 56.3 Å². The van der Waals surface area contributed by atoms with Crippen LogP contribution in [0.4, 0.5) is 0 Å². The van der Waals surface area contributed by atoms with Crippen molar-refractivity contribution in [2.75, 3.05) is 0 Å². The first kappa shape index (κ1) is 10.8. The second-order valence-electron chi connectivity index (χ2n) is 4.09. The van der Waals surface area contributed by atoms with Crippen molar-refractivity contribution in [1.29, 1.82) is 0 Å². The number of hydrogen-bond acceptors (Lipinski definition) is 0. The Hall–Kier alpha value is -1.30. The molecule has 0 radical (unpaired) electrons. The maximum atomic E-state index is 3.84. The molecule has 14 heavy (non-hydrogen) atoms. The first-order chi connectivity index (χ1) is 6.59. The highest BCUT2D eigenvalue weighted by Gasteiger charge is 2.06. The van der Waals surface area contributed by atoms with E-state index in [1.54, 1.807) is 0 Å². The summed E-state index contributed by atoms with van der Waals surface area (Å²) in [7, 11) is 0. The second-order valence-corrected chi connectivity index (χ2v) is 4.09. The van der Waals surface area contributed by atoms with E-state index in [1.807, 2.05) is 6.08 Å². The Bertz CT molecular complexity index is 422. The van der Waals surface area contributed by atoms with Gasteiger partial charge in [-0.05, 0) is 17.4 Å². The van der Waals surface area contributed by atoms with E-state index >= 15 is 0 Å². The van der Waals surface area contributed by atoms with Crippen LogP contribution in [0.25, 0.3) is 12.2 Å². The molecule has 1 aromatic carbocycles. The fourth-order valence-electron chi connectivity index (χ4n) is 1.36. The molecule has 0 fully saturated rings. The number of allylic oxidation sites excluding steroid dienone is 1. The molecule has 0 aliphatic carbocycles. The van der Waals surface area contributed by atoms with Crippen molar-refractivity contribution in [3.05, 3.63) is 47.4 Å². The molecule has 1 aromatic rings. The number of benzene rings is 1. The van der Waals surface area contributed by atoms with Crippen molar-refractivity contribution in [2.45, 2.75) is 20.8 Å². The van der Waals surface area contributed by atoms with E-state index in [2.05, 4.69) is 63.8 Å². The molecule has 0 unspecified atom stereocenters. The van der Waals surface area contributed by atoms with Gasteiger partial charge in [0.05, 0.1) is 0 Å². The number of hydrogen-bond donors (Lipinski definition) is 0. The molecule has 0 heterocycles. The van der Waals surface area contributed by atoms with Crippen LogP contribution in [0.1, 0.15) is 20.8 Å². The topological polar surface area (TPSA) is 0 Å². The van der Waals surface area contributed by atoms with Gasteiger partial charge < -0.3 is 0 Å². The molecule has 0 atom stereocenters. The zero-order valence-corrected chi connectivity index (χ0v) is 9.25. The molecule has 0 heteroatoms. The summed E-state index contributed by atoms with van der Waals surface area (Å²) in [4.78, 5) is 0. The Kier molecular flexibility index (Phi) is 3.29. The molecule has 0 aliphatic heterocycles. The van der Waals surface area contributed by atoms with E-state index in [1.165, 1.54) is 10.4 Å². The Labute approximate surface area is 86.3 Å². The summed E-state index contributed by atoms with van der Waals surface area (Å²) >= 11 is 0. The predicted molar refractivity (Wildman–Crippen MR) is 64.3 cm³/mol. The van der Waals surface area contributed by atoms with E-state index < -0.39 is 0 Å². The lowest BCUT2D eigenvalue weighted by molar-refractivity contribution is 0.671. The summed E-state index contributed by atoms with van der Waals surface area (Å²) in [6.45, 7) is 10.2. The molecule has 1 rings (SSSR count). The van der Waals surface area contributed by atoms with E-state index in [4.69, 9.17) is 0 Å². The molecule has 0 amide bonds. The maximum absolute atomic E-state index is 3.84. The predicted octanol–water partition coefficient (Wildman–Crippen LogP) is 2.48. The average Bonchev–Trinajstić information content (AvgIpc) is 2.18. The molecule has 0 bridgehead atoms. The van der Waals surface area contributed by atoms with Gasteiger partial charge in [0.2, 0.25) is 0 Å². The van der Waals surface area contributed by atoms with Gasteiger partial charge >= 0.3 is 0 Å². The minimum Gasteiger partial charge on any atom is -0.102 e. The highest BCUT2D eigenvalue weighted by molar-refractivity contribution is 5.37. The molecular weight excluding hydrogens is 168 g/mol. The van der Waals surface area contributed by atoms with Crippen molar-refractivity contribution in [3.8, 4) is 0 Å². The normalized spacial score (nSPS) is 14.5. The smallest absolute Gasteiger partial charge is 0.00109 e. The van der Waals surface area contributed by atoms with Crippen molar-refractivity contribution in [2.24, 2.45) is 5.41 Å². The van der Waals surface area contributed by atoms with E-state index in [0.29, 0.717) is 0 Å². The summed E-state index contributed by atoms with van der Waals surface area (Å²) in [5.74, 6) is 0. The number of rotatable bonds is 2. The lowest BCUT2D eigenvalue weighted by Crippen LogP contribution is -2.26. The van der Waals surface area contributed by atoms with Crippen LogP contribution in [0, 0.1) is 5.41 Å². The van der Waals surface area contributed by atoms with Crippen LogP contribution >= 0.6 is 0 Å². The second kappa shape index (κ2) is 4.28. The minimum atomic E-state index is 0.0547. The lowest BCUT2D eigenvalue weighted by Gasteiger charge is -2.13. The molecular formula is C14H18. The summed E-state index contributed by atoms with van der Waals surface area (Å²) in [5, 5.41) is 2.56. The third-order valence-corrected chi connectivity index (χ3v) is 2.36. The van der Waals surface area contributed by atoms with Crippen molar-refractivity contribution >= 4 is 12.2 Å². The summed E-state index contributed by atoms with van der Waals surface area (Å²) in [5.41, 5.74) is 0.0547. The van der Waals surface area contributed by atoms with Crippen molar-refractivity contribution < 1.29 is 0 Å². The van der Waals surface area contributed by atoms with Crippen LogP contribution in [0.5, 0.6) is 0 Å². The van der Waals surface area contributed by atoms with Crippen LogP contribution in [-0.4, -0.2) is 0 Å². The molecule has 74 valence electrons. The monoisotopic (exact) mass is 186 g/mol. The zero-order valence-electron chi connectivity index (χ0n) is 9.25. The standard InChI is InChI=1S/C14H18/c1-5-12-9-7-8-10-13(12)11-14(3,4)6-2/h5-11H,2H2,1,3-4H3/b12-5-,13-11-. The highest BCUT2D eigenvalue weighted by Crippen LogP contribution is 2.16. The van der Waals surface area contributed by atoms with E-state index in [-0.39, 0.29) is 5.41 Å². The summed E-state index contributed by atoms with van der Waals surface area (Å²) in [6, 6.07) is 8.40. The van der Waals surface area contributed by atoms with Crippen LogP contribution in [0.15, 0.2) is 36.9 Å². The van der Waals surface area contributed by atoms with Gasteiger partial charge in [-0.3, -0.25) is 0 Å². The molecule has 0 aromatic heterocycles. The van der Waals surface area contributed by atoms with Gasteiger partial charge in [0, 0.05) is 5.41 Å². The fraction of sp³-hybridized carbons (Fsp3) is 0.286. The molecule has 0 nitrogen and oxygen atoms in total. The zero-order chi connectivity index (χ0) is 10.6. The van der Waals surface area contributed by atoms with Gasteiger partial charge in [0.1, 0.15) is 0 Å². The minimum absolute atomic E-state index is 0.0547. The first-order valence-corrected chi connectivity index (χ1v) is 4.97. The van der Waals surface area contributed by atoms with Gasteiger partial charge in [0.15, 0.2) is 0 Å². The third kappa shape index (κ3) is 2.59. The third-order valence-electron chi connectivity index (χ3n) is 2.36. The lowest BCUT2D eigenvalue weighted by atomic mass is 9.92. The van der Waals surface area contributed by atoms with Crippen molar-refractivity contribution in [1.82, 2.24) is 0 Å². The fourth-order valence-corrected chi connectivity index (χ4v) is 1.36. The summed E-state index contributed by atoms with van der Waals surface area (Å²) in [6.07, 6.45) is 6.35. The van der Waals surface area contributed by atoms with Gasteiger partial charge in [-0.25, -0.2) is 0 Å². The Morgan fingerprint density at radius 1 is 1.14 bits per heavy atom. The van der Waals surface area contributed by atoms with Gasteiger partial charge in [-0.2, -0.15) is 0 Å². The summed E-state index contributed by atoms with van der Waals surface area (Å²) < 4.78 is 0. The Balaban J connectivity index is 3.40. The van der Waals surface area contributed by atoms with E-state index in [0.717, 1.165) is 0 Å². The molecule has 0 aliphatic rings. The largest absolute Gasteiger partial charge is 0.102 e. The van der Waals surface area contributed by atoms with Gasteiger partial charge in [0.25, 0.3) is 0 Å². The molecule has 0 spiro atoms. The SMILES string of the molecule is C=CC(C)(C)/C=c1/cccc/c1=C/C. The van der Waals surface area contributed by atoms with E-state index in [9.17, 15) is 0 Å². The Morgan fingerprint density at radius 2 is 1.71 bits per heavy atom. The maximum Gasteiger partial charge on any atom is 0.00109 e. The molecule has 0 saturated heterocycles. The van der Waals surface area contributed by atoms with Gasteiger partial charge in [-0.15, -0.1) is 6.58 Å².